The molecule has 0 spiro atoms. The van der Waals surface area contributed by atoms with Gasteiger partial charge in [-0.1, -0.05) is 18.2 Å². The van der Waals surface area contributed by atoms with E-state index in [1.165, 1.54) is 67.1 Å². The molecular weight excluding hydrogens is 561 g/mol. The molecule has 2 N–H and O–H groups in total. The fraction of sp³-hybridized carbons (Fsp3) is 0.296. The molecule has 1 heterocycles. The quantitative estimate of drug-likeness (QED) is 0.367. The number of sulfonamides is 2. The molecule has 4 rings (SSSR count). The van der Waals surface area contributed by atoms with Gasteiger partial charge < -0.3 is 14.8 Å². The smallest absolute Gasteiger partial charge is 0.262 e. The fourth-order valence-corrected chi connectivity index (χ4v) is 7.00. The molecule has 1 amide bonds. The van der Waals surface area contributed by atoms with Crippen molar-refractivity contribution in [1.82, 2.24) is 4.31 Å². The molecule has 40 heavy (non-hydrogen) atoms. The Morgan fingerprint density at radius 3 is 2.25 bits per heavy atom. The number of anilines is 2. The van der Waals surface area contributed by atoms with Gasteiger partial charge in [0.1, 0.15) is 17.3 Å². The highest BCUT2D eigenvalue weighted by atomic mass is 32.2. The van der Waals surface area contributed by atoms with E-state index in [4.69, 9.17) is 9.47 Å². The van der Waals surface area contributed by atoms with E-state index in [1.807, 2.05) is 0 Å². The van der Waals surface area contributed by atoms with Crippen LogP contribution in [-0.2, 0) is 30.6 Å². The predicted octanol–water partition coefficient (Wildman–Crippen LogP) is 3.82. The van der Waals surface area contributed by atoms with Crippen molar-refractivity contribution in [3.8, 4) is 11.5 Å². The topological polar surface area (TPSA) is 131 Å². The monoisotopic (exact) mass is 591 g/mol. The Morgan fingerprint density at radius 2 is 1.62 bits per heavy atom. The van der Waals surface area contributed by atoms with E-state index in [9.17, 15) is 26.0 Å². The molecule has 1 fully saturated rings. The lowest BCUT2D eigenvalue weighted by atomic mass is 9.97. The number of carbonyl (C=O) groups is 1. The Bertz CT molecular complexity index is 1570. The molecule has 0 atom stereocenters. The fourth-order valence-electron chi connectivity index (χ4n) is 4.36. The minimum Gasteiger partial charge on any atom is -0.497 e. The maximum atomic E-state index is 13.9. The number of hydrogen-bond acceptors (Lipinski definition) is 7. The maximum absolute atomic E-state index is 13.9. The first-order valence-corrected chi connectivity index (χ1v) is 15.5. The molecule has 0 unspecified atom stereocenters. The van der Waals surface area contributed by atoms with Crippen LogP contribution >= 0.6 is 0 Å². The van der Waals surface area contributed by atoms with E-state index in [-0.39, 0.29) is 35.1 Å². The molecule has 1 saturated heterocycles. The highest BCUT2D eigenvalue weighted by molar-refractivity contribution is 7.92. The lowest BCUT2D eigenvalue weighted by molar-refractivity contribution is -0.120. The zero-order chi connectivity index (χ0) is 28.9. The van der Waals surface area contributed by atoms with Gasteiger partial charge in [-0.25, -0.2) is 25.5 Å². The van der Waals surface area contributed by atoms with Crippen LogP contribution in [0.15, 0.2) is 71.6 Å². The first-order valence-electron chi connectivity index (χ1n) is 12.4. The van der Waals surface area contributed by atoms with Crippen LogP contribution in [0.3, 0.4) is 0 Å². The van der Waals surface area contributed by atoms with Gasteiger partial charge >= 0.3 is 0 Å². The van der Waals surface area contributed by atoms with Crippen molar-refractivity contribution in [2.45, 2.75) is 23.5 Å². The van der Waals surface area contributed by atoms with Gasteiger partial charge in [0.15, 0.2) is 0 Å². The first kappa shape index (κ1) is 29.3. The third-order valence-corrected chi connectivity index (χ3v) is 9.81. The number of methoxy groups -OCH3 is 2. The Labute approximate surface area is 233 Å². The number of nitrogens with one attached hydrogen (secondary N) is 2. The summed E-state index contributed by atoms with van der Waals surface area (Å²) in [5.41, 5.74) is 0.713. The zero-order valence-electron chi connectivity index (χ0n) is 22.0. The standard InChI is InChI=1S/C27H30FN3O7S2/c1-37-22-9-12-26(38-2)25(17-22)30-40(35,36)23-10-7-21(8-11-23)29-27(32)19-13-15-31(16-14-19)39(33,34)18-20-5-3-4-6-24(20)28/h3-12,17,19,30H,13-16,18H2,1-2H3,(H,29,32). The van der Waals surface area contributed by atoms with Crippen molar-refractivity contribution in [2.24, 2.45) is 5.92 Å². The predicted molar refractivity (Wildman–Crippen MR) is 149 cm³/mol. The molecule has 1 aliphatic rings. The number of carbonyl (C=O) groups excluding carboxylic acids is 1. The summed E-state index contributed by atoms with van der Waals surface area (Å²) in [5, 5.41) is 2.77. The number of piperidine rings is 1. The summed E-state index contributed by atoms with van der Waals surface area (Å²) in [5.74, 6) is -0.962. The molecule has 10 nitrogen and oxygen atoms in total. The van der Waals surface area contributed by atoms with Crippen LogP contribution in [0.25, 0.3) is 0 Å². The largest absolute Gasteiger partial charge is 0.497 e. The van der Waals surface area contributed by atoms with E-state index in [0.29, 0.717) is 30.0 Å². The molecule has 3 aromatic carbocycles. The summed E-state index contributed by atoms with van der Waals surface area (Å²) in [6.45, 7) is 0.289. The minimum atomic E-state index is -3.97. The normalized spacial score (nSPS) is 14.9. The maximum Gasteiger partial charge on any atom is 0.262 e. The minimum absolute atomic E-state index is 0.0243. The van der Waals surface area contributed by atoms with Gasteiger partial charge in [0.2, 0.25) is 15.9 Å². The van der Waals surface area contributed by atoms with Crippen molar-refractivity contribution in [3.05, 3.63) is 78.1 Å². The molecule has 13 heteroatoms. The SMILES string of the molecule is COc1ccc(OC)c(NS(=O)(=O)c2ccc(NC(=O)C3CCN(S(=O)(=O)Cc4ccccc4F)CC3)cc2)c1. The summed E-state index contributed by atoms with van der Waals surface area (Å²) in [7, 11) is -4.81. The molecule has 0 bridgehead atoms. The molecule has 1 aliphatic heterocycles. The number of benzene rings is 3. The van der Waals surface area contributed by atoms with Crippen LogP contribution in [0.2, 0.25) is 0 Å². The third-order valence-electron chi connectivity index (χ3n) is 6.60. The van der Waals surface area contributed by atoms with Crippen molar-refractivity contribution >= 4 is 37.3 Å². The van der Waals surface area contributed by atoms with E-state index < -0.39 is 37.5 Å². The molecule has 0 aromatic heterocycles. The van der Waals surface area contributed by atoms with Crippen molar-refractivity contribution in [1.29, 1.82) is 0 Å². The Balaban J connectivity index is 1.34. The summed E-state index contributed by atoms with van der Waals surface area (Å²) in [6, 6.07) is 16.1. The Morgan fingerprint density at radius 1 is 0.950 bits per heavy atom. The number of ether oxygens (including phenoxy) is 2. The Kier molecular flexibility index (Phi) is 8.96. The second kappa shape index (κ2) is 12.2. The zero-order valence-corrected chi connectivity index (χ0v) is 23.6. The van der Waals surface area contributed by atoms with E-state index >= 15 is 0 Å². The van der Waals surface area contributed by atoms with Crippen LogP contribution in [0, 0.1) is 11.7 Å². The van der Waals surface area contributed by atoms with Gasteiger partial charge in [-0.15, -0.1) is 0 Å². The highest BCUT2D eigenvalue weighted by Gasteiger charge is 2.31. The molecule has 0 saturated carbocycles. The number of amides is 1. The van der Waals surface area contributed by atoms with Crippen molar-refractivity contribution in [3.63, 3.8) is 0 Å². The summed E-state index contributed by atoms with van der Waals surface area (Å²) >= 11 is 0. The van der Waals surface area contributed by atoms with Crippen LogP contribution in [0.1, 0.15) is 18.4 Å². The van der Waals surface area contributed by atoms with E-state index in [2.05, 4.69) is 10.0 Å². The van der Waals surface area contributed by atoms with Crippen LogP contribution in [-0.4, -0.2) is 54.4 Å². The van der Waals surface area contributed by atoms with Gasteiger partial charge in [-0.2, -0.15) is 0 Å². The number of halogens is 1. The summed E-state index contributed by atoms with van der Waals surface area (Å²) in [4.78, 5) is 12.8. The highest BCUT2D eigenvalue weighted by Crippen LogP contribution is 2.31. The number of rotatable bonds is 10. The van der Waals surface area contributed by atoms with Crippen LogP contribution in [0.5, 0.6) is 11.5 Å². The molecular formula is C27H30FN3O7S2. The summed E-state index contributed by atoms with van der Waals surface area (Å²) in [6.07, 6.45) is 0.613. The van der Waals surface area contributed by atoms with Crippen molar-refractivity contribution in [2.75, 3.05) is 37.3 Å². The van der Waals surface area contributed by atoms with Gasteiger partial charge in [-0.3, -0.25) is 9.52 Å². The third kappa shape index (κ3) is 6.90. The lowest BCUT2D eigenvalue weighted by Crippen LogP contribution is -2.42. The average Bonchev–Trinajstić information content (AvgIpc) is 2.94. The van der Waals surface area contributed by atoms with Crippen LogP contribution in [0.4, 0.5) is 15.8 Å². The molecule has 0 radical (unpaired) electrons. The second-order valence-electron chi connectivity index (χ2n) is 9.21. The van der Waals surface area contributed by atoms with Gasteiger partial charge in [0.05, 0.1) is 30.6 Å². The van der Waals surface area contributed by atoms with Gasteiger partial charge in [0.25, 0.3) is 10.0 Å². The van der Waals surface area contributed by atoms with Gasteiger partial charge in [0, 0.05) is 36.3 Å². The molecule has 3 aromatic rings. The molecule has 214 valence electrons. The first-order chi connectivity index (χ1) is 19.0. The number of hydrogen-bond donors (Lipinski definition) is 2. The van der Waals surface area contributed by atoms with Crippen molar-refractivity contribution < 1.29 is 35.5 Å². The Hall–Kier alpha value is -3.68. The van der Waals surface area contributed by atoms with Gasteiger partial charge in [-0.05, 0) is 55.3 Å². The summed E-state index contributed by atoms with van der Waals surface area (Å²) < 4.78 is 79.4. The number of nitrogens with zero attached hydrogens (tertiary/aromatic N) is 1. The van der Waals surface area contributed by atoms with Crippen LogP contribution < -0.4 is 19.5 Å². The lowest BCUT2D eigenvalue weighted by Gasteiger charge is -2.30. The molecule has 0 aliphatic carbocycles. The van der Waals surface area contributed by atoms with E-state index in [1.54, 1.807) is 18.2 Å². The van der Waals surface area contributed by atoms with E-state index in [0.717, 1.165) is 0 Å². The second-order valence-corrected chi connectivity index (χ2v) is 12.9. The average molecular weight is 592 g/mol.